The molecule has 0 radical (unpaired) electrons. The highest BCUT2D eigenvalue weighted by atomic mass is 79.9. The van der Waals surface area contributed by atoms with Gasteiger partial charge in [-0.2, -0.15) is 0 Å². The van der Waals surface area contributed by atoms with Crippen LogP contribution in [-0.4, -0.2) is 15.9 Å². The molecule has 86 valence electrons. The summed E-state index contributed by atoms with van der Waals surface area (Å²) in [6, 6.07) is 6.80. The molecule has 0 unspecified atom stereocenters. The van der Waals surface area contributed by atoms with Gasteiger partial charge >= 0.3 is 0 Å². The third-order valence-corrected chi connectivity index (χ3v) is 2.88. The SMILES string of the molecule is O=C(Nc1cc(Br)ccn1)c1ccnc(Br)c1. The van der Waals surface area contributed by atoms with Crippen molar-refractivity contribution in [1.82, 2.24) is 9.97 Å². The Morgan fingerprint density at radius 3 is 2.59 bits per heavy atom. The van der Waals surface area contributed by atoms with E-state index in [-0.39, 0.29) is 5.91 Å². The molecule has 0 bridgehead atoms. The van der Waals surface area contributed by atoms with Gasteiger partial charge in [0.25, 0.3) is 5.91 Å². The van der Waals surface area contributed by atoms with E-state index in [1.165, 1.54) is 0 Å². The number of aromatic nitrogens is 2. The molecule has 2 heterocycles. The number of hydrogen-bond donors (Lipinski definition) is 1. The van der Waals surface area contributed by atoms with Crippen LogP contribution < -0.4 is 5.32 Å². The quantitative estimate of drug-likeness (QED) is 0.840. The number of halogens is 2. The van der Waals surface area contributed by atoms with Crippen molar-refractivity contribution in [3.05, 3.63) is 51.3 Å². The summed E-state index contributed by atoms with van der Waals surface area (Å²) < 4.78 is 1.48. The second-order valence-electron chi connectivity index (χ2n) is 3.18. The second-order valence-corrected chi connectivity index (χ2v) is 4.91. The molecule has 0 fully saturated rings. The summed E-state index contributed by atoms with van der Waals surface area (Å²) in [5, 5.41) is 2.70. The number of carbonyl (C=O) groups excluding carboxylic acids is 1. The molecule has 2 aromatic heterocycles. The van der Waals surface area contributed by atoms with Crippen LogP contribution in [0.25, 0.3) is 0 Å². The maximum atomic E-state index is 11.9. The van der Waals surface area contributed by atoms with Gasteiger partial charge in [0.2, 0.25) is 0 Å². The first-order valence-corrected chi connectivity index (χ1v) is 6.28. The largest absolute Gasteiger partial charge is 0.307 e. The predicted octanol–water partition coefficient (Wildman–Crippen LogP) is 3.25. The molecule has 0 aliphatic rings. The third kappa shape index (κ3) is 3.34. The number of anilines is 1. The first-order valence-electron chi connectivity index (χ1n) is 4.69. The number of nitrogens with one attached hydrogen (secondary N) is 1. The second kappa shape index (κ2) is 5.37. The maximum Gasteiger partial charge on any atom is 0.256 e. The summed E-state index contributed by atoms with van der Waals surface area (Å²) in [5.41, 5.74) is 0.522. The Balaban J connectivity index is 2.17. The van der Waals surface area contributed by atoms with E-state index < -0.39 is 0 Å². The predicted molar refractivity (Wildman–Crippen MR) is 71.8 cm³/mol. The Labute approximate surface area is 115 Å². The minimum atomic E-state index is -0.223. The molecule has 2 aromatic rings. The number of carbonyl (C=O) groups is 1. The number of amides is 1. The van der Waals surface area contributed by atoms with Gasteiger partial charge in [-0.05, 0) is 40.2 Å². The molecule has 1 N–H and O–H groups in total. The van der Waals surface area contributed by atoms with Gasteiger partial charge in [0.1, 0.15) is 10.4 Å². The van der Waals surface area contributed by atoms with Gasteiger partial charge in [-0.1, -0.05) is 15.9 Å². The van der Waals surface area contributed by atoms with Gasteiger partial charge in [-0.3, -0.25) is 4.79 Å². The van der Waals surface area contributed by atoms with Gasteiger partial charge in [-0.15, -0.1) is 0 Å². The molecule has 0 atom stereocenters. The van der Waals surface area contributed by atoms with Gasteiger partial charge in [0.05, 0.1) is 0 Å². The van der Waals surface area contributed by atoms with Crippen molar-refractivity contribution in [2.75, 3.05) is 5.32 Å². The smallest absolute Gasteiger partial charge is 0.256 e. The van der Waals surface area contributed by atoms with E-state index >= 15 is 0 Å². The fourth-order valence-electron chi connectivity index (χ4n) is 1.21. The van der Waals surface area contributed by atoms with Crippen molar-refractivity contribution in [2.45, 2.75) is 0 Å². The monoisotopic (exact) mass is 355 g/mol. The number of rotatable bonds is 2. The van der Waals surface area contributed by atoms with Crippen LogP contribution in [0, 0.1) is 0 Å². The molecule has 0 spiro atoms. The van der Waals surface area contributed by atoms with Gasteiger partial charge in [0.15, 0.2) is 0 Å². The average molecular weight is 357 g/mol. The molecule has 0 aromatic carbocycles. The highest BCUT2D eigenvalue weighted by molar-refractivity contribution is 9.10. The minimum absolute atomic E-state index is 0.223. The van der Waals surface area contributed by atoms with E-state index in [0.717, 1.165) is 4.47 Å². The molecule has 6 heteroatoms. The Kier molecular flexibility index (Phi) is 3.86. The molecular formula is C11H7Br2N3O. The maximum absolute atomic E-state index is 11.9. The van der Waals surface area contributed by atoms with E-state index in [9.17, 15) is 4.79 Å². The molecule has 1 amide bonds. The molecular weight excluding hydrogens is 350 g/mol. The average Bonchev–Trinajstić information content (AvgIpc) is 2.29. The Hall–Kier alpha value is -1.27. The van der Waals surface area contributed by atoms with Crippen LogP contribution in [0.3, 0.4) is 0 Å². The number of nitrogens with zero attached hydrogens (tertiary/aromatic N) is 2. The Morgan fingerprint density at radius 2 is 1.88 bits per heavy atom. The standard InChI is InChI=1S/C11H7Br2N3O/c12-8-2-4-15-10(6-8)16-11(17)7-1-3-14-9(13)5-7/h1-6H,(H,15,16,17). The van der Waals surface area contributed by atoms with E-state index in [1.54, 1.807) is 36.7 Å². The summed E-state index contributed by atoms with van der Waals surface area (Å²) in [5.74, 6) is 0.274. The highest BCUT2D eigenvalue weighted by Crippen LogP contribution is 2.14. The van der Waals surface area contributed by atoms with E-state index in [4.69, 9.17) is 0 Å². The minimum Gasteiger partial charge on any atom is -0.307 e. The van der Waals surface area contributed by atoms with Crippen LogP contribution >= 0.6 is 31.9 Å². The van der Waals surface area contributed by atoms with Crippen molar-refractivity contribution in [1.29, 1.82) is 0 Å². The molecule has 0 aliphatic heterocycles. The van der Waals surface area contributed by atoms with E-state index in [2.05, 4.69) is 47.1 Å². The topological polar surface area (TPSA) is 54.9 Å². The lowest BCUT2D eigenvalue weighted by Gasteiger charge is -2.04. The summed E-state index contributed by atoms with van der Waals surface area (Å²) in [6.07, 6.45) is 3.18. The highest BCUT2D eigenvalue weighted by Gasteiger charge is 2.07. The van der Waals surface area contributed by atoms with Crippen LogP contribution in [-0.2, 0) is 0 Å². The van der Waals surface area contributed by atoms with Crippen molar-refractivity contribution in [2.24, 2.45) is 0 Å². The number of pyridine rings is 2. The van der Waals surface area contributed by atoms with E-state index in [0.29, 0.717) is 16.0 Å². The van der Waals surface area contributed by atoms with Gasteiger partial charge in [-0.25, -0.2) is 9.97 Å². The zero-order valence-electron chi connectivity index (χ0n) is 8.52. The van der Waals surface area contributed by atoms with E-state index in [1.807, 2.05) is 0 Å². The summed E-state index contributed by atoms with van der Waals surface area (Å²) >= 11 is 6.52. The van der Waals surface area contributed by atoms with Crippen molar-refractivity contribution >= 4 is 43.6 Å². The Bertz CT molecular complexity index is 560. The molecule has 0 saturated carbocycles. The summed E-state index contributed by atoms with van der Waals surface area (Å²) in [6.45, 7) is 0. The molecule has 4 nitrogen and oxygen atoms in total. The van der Waals surface area contributed by atoms with Crippen molar-refractivity contribution in [3.63, 3.8) is 0 Å². The molecule has 2 rings (SSSR count). The third-order valence-electron chi connectivity index (χ3n) is 1.95. The Morgan fingerprint density at radius 1 is 1.12 bits per heavy atom. The lowest BCUT2D eigenvalue weighted by atomic mass is 10.2. The first kappa shape index (κ1) is 12.2. The lowest BCUT2D eigenvalue weighted by molar-refractivity contribution is 0.102. The fraction of sp³-hybridized carbons (Fsp3) is 0. The zero-order valence-corrected chi connectivity index (χ0v) is 11.7. The van der Waals surface area contributed by atoms with Crippen LogP contribution in [0.1, 0.15) is 10.4 Å². The molecule has 0 saturated heterocycles. The van der Waals surface area contributed by atoms with Gasteiger partial charge < -0.3 is 5.32 Å². The van der Waals surface area contributed by atoms with Crippen LogP contribution in [0.15, 0.2) is 45.7 Å². The molecule has 17 heavy (non-hydrogen) atoms. The summed E-state index contributed by atoms with van der Waals surface area (Å²) in [7, 11) is 0. The number of hydrogen-bond acceptors (Lipinski definition) is 3. The summed E-state index contributed by atoms with van der Waals surface area (Å²) in [4.78, 5) is 19.9. The molecule has 0 aliphatic carbocycles. The van der Waals surface area contributed by atoms with Crippen LogP contribution in [0.4, 0.5) is 5.82 Å². The van der Waals surface area contributed by atoms with Gasteiger partial charge in [0, 0.05) is 22.4 Å². The zero-order chi connectivity index (χ0) is 12.3. The van der Waals surface area contributed by atoms with Crippen molar-refractivity contribution in [3.8, 4) is 0 Å². The lowest BCUT2D eigenvalue weighted by Crippen LogP contribution is -2.12. The fourth-order valence-corrected chi connectivity index (χ4v) is 1.91. The first-order chi connectivity index (χ1) is 8.15. The van der Waals surface area contributed by atoms with Crippen LogP contribution in [0.2, 0.25) is 0 Å². The van der Waals surface area contributed by atoms with Crippen LogP contribution in [0.5, 0.6) is 0 Å². The van der Waals surface area contributed by atoms with Crippen molar-refractivity contribution < 1.29 is 4.79 Å². The normalized spacial score (nSPS) is 10.0.